The fourth-order valence-corrected chi connectivity index (χ4v) is 2.53. The second-order valence-electron chi connectivity index (χ2n) is 5.14. The van der Waals surface area contributed by atoms with E-state index in [9.17, 15) is 0 Å². The fraction of sp³-hybridized carbons (Fsp3) is 0.412. The molecular weight excluding hydrogens is 264 g/mol. The highest BCUT2D eigenvalue weighted by molar-refractivity contribution is 7.79. The summed E-state index contributed by atoms with van der Waals surface area (Å²) in [4.78, 5) is 4.77. The molecule has 0 amide bonds. The third-order valence-electron chi connectivity index (χ3n) is 3.62. The Bertz CT molecular complexity index is 611. The molecule has 1 aromatic carbocycles. The van der Waals surface area contributed by atoms with E-state index in [0.29, 0.717) is 0 Å². The zero-order valence-corrected chi connectivity index (χ0v) is 13.1. The van der Waals surface area contributed by atoms with Crippen LogP contribution < -0.4 is 0 Å². The van der Waals surface area contributed by atoms with Crippen LogP contribution in [0.3, 0.4) is 0 Å². The number of aryl methyl sites for hydroxylation is 2. The standard InChI is InChI=1S/C17H22N2S/c1-3-4-5-6-9-17-18-15-13-14(8-7-12-20)10-11-16(15)19(17)2/h7-8,10-13H,3-6,9H2,1-2H3/b8-7+. The number of fused-ring (bicyclic) bond motifs is 1. The average molecular weight is 286 g/mol. The van der Waals surface area contributed by atoms with E-state index in [1.165, 1.54) is 37.0 Å². The van der Waals surface area contributed by atoms with Crippen LogP contribution in [0.5, 0.6) is 0 Å². The number of thiocarbonyl (C=S) groups is 1. The molecule has 0 aliphatic carbocycles. The highest BCUT2D eigenvalue weighted by Gasteiger charge is 2.07. The Morgan fingerprint density at radius 2 is 2.10 bits per heavy atom. The van der Waals surface area contributed by atoms with Crippen molar-refractivity contribution in [2.24, 2.45) is 7.05 Å². The minimum atomic E-state index is 1.07. The predicted molar refractivity (Wildman–Crippen MR) is 91.2 cm³/mol. The van der Waals surface area contributed by atoms with Crippen LogP contribution >= 0.6 is 12.2 Å². The predicted octanol–water partition coefficient (Wildman–Crippen LogP) is 4.71. The summed E-state index contributed by atoms with van der Waals surface area (Å²) in [6.45, 7) is 2.24. The Labute approximate surface area is 126 Å². The van der Waals surface area contributed by atoms with Gasteiger partial charge in [-0.05, 0) is 24.1 Å². The topological polar surface area (TPSA) is 17.8 Å². The van der Waals surface area contributed by atoms with E-state index in [1.54, 1.807) is 5.37 Å². The molecule has 2 rings (SSSR count). The van der Waals surface area contributed by atoms with Crippen LogP contribution in [0.2, 0.25) is 0 Å². The molecule has 0 saturated carbocycles. The zero-order valence-electron chi connectivity index (χ0n) is 12.3. The highest BCUT2D eigenvalue weighted by atomic mass is 32.1. The van der Waals surface area contributed by atoms with Gasteiger partial charge in [-0.2, -0.15) is 0 Å². The number of unbranched alkanes of at least 4 members (excludes halogenated alkanes) is 3. The molecule has 0 unspecified atom stereocenters. The third-order valence-corrected chi connectivity index (χ3v) is 3.78. The Hall–Kier alpha value is -1.48. The maximum atomic E-state index is 4.81. The Balaban J connectivity index is 2.18. The van der Waals surface area contributed by atoms with E-state index in [4.69, 9.17) is 17.2 Å². The van der Waals surface area contributed by atoms with Crippen molar-refractivity contribution in [3.8, 4) is 0 Å². The fourth-order valence-electron chi connectivity index (χ4n) is 2.45. The van der Waals surface area contributed by atoms with Gasteiger partial charge in [-0.3, -0.25) is 0 Å². The average Bonchev–Trinajstić information content (AvgIpc) is 2.77. The molecule has 0 spiro atoms. The molecule has 106 valence electrons. The van der Waals surface area contributed by atoms with Crippen molar-refractivity contribution in [2.75, 3.05) is 0 Å². The van der Waals surface area contributed by atoms with Gasteiger partial charge >= 0.3 is 0 Å². The number of allylic oxidation sites excluding steroid dienone is 1. The molecule has 2 aromatic rings. The lowest BCUT2D eigenvalue weighted by Gasteiger charge is -2.02. The van der Waals surface area contributed by atoms with E-state index < -0.39 is 0 Å². The van der Waals surface area contributed by atoms with Gasteiger partial charge in [0.15, 0.2) is 0 Å². The SMILES string of the molecule is CCCCCCc1nc2cc(/C=C/C=S)ccc2n1C. The normalized spacial score (nSPS) is 11.5. The molecule has 0 radical (unpaired) electrons. The second-order valence-corrected chi connectivity index (χ2v) is 5.41. The molecule has 20 heavy (non-hydrogen) atoms. The zero-order chi connectivity index (χ0) is 14.4. The number of imidazole rings is 1. The van der Waals surface area contributed by atoms with Crippen LogP contribution in [0, 0.1) is 0 Å². The lowest BCUT2D eigenvalue weighted by atomic mass is 10.1. The first-order valence-corrected chi connectivity index (χ1v) is 7.80. The molecule has 2 nitrogen and oxygen atoms in total. The van der Waals surface area contributed by atoms with Crippen molar-refractivity contribution in [3.05, 3.63) is 35.7 Å². The van der Waals surface area contributed by atoms with Gasteiger partial charge in [-0.15, -0.1) is 0 Å². The van der Waals surface area contributed by atoms with Gasteiger partial charge in [0.1, 0.15) is 5.82 Å². The van der Waals surface area contributed by atoms with Crippen molar-refractivity contribution in [1.29, 1.82) is 0 Å². The summed E-state index contributed by atoms with van der Waals surface area (Å²) in [5, 5.41) is 1.63. The van der Waals surface area contributed by atoms with E-state index in [0.717, 1.165) is 17.5 Å². The number of aromatic nitrogens is 2. The molecular formula is C17H22N2S. The summed E-state index contributed by atoms with van der Waals surface area (Å²) < 4.78 is 2.22. The summed E-state index contributed by atoms with van der Waals surface area (Å²) in [5.41, 5.74) is 3.42. The molecule has 1 heterocycles. The monoisotopic (exact) mass is 286 g/mol. The van der Waals surface area contributed by atoms with Crippen LogP contribution in [-0.2, 0) is 13.5 Å². The lowest BCUT2D eigenvalue weighted by Crippen LogP contribution is -1.97. The number of hydrogen-bond donors (Lipinski definition) is 0. The van der Waals surface area contributed by atoms with E-state index in [-0.39, 0.29) is 0 Å². The summed E-state index contributed by atoms with van der Waals surface area (Å²) in [5.74, 6) is 1.19. The Kier molecular flexibility index (Phi) is 5.48. The largest absolute Gasteiger partial charge is 0.331 e. The first-order valence-electron chi connectivity index (χ1n) is 7.33. The maximum absolute atomic E-state index is 4.81. The smallest absolute Gasteiger partial charge is 0.109 e. The van der Waals surface area contributed by atoms with Gasteiger partial charge in [0, 0.05) is 18.8 Å². The third kappa shape index (κ3) is 3.54. The lowest BCUT2D eigenvalue weighted by molar-refractivity contribution is 0.642. The minimum Gasteiger partial charge on any atom is -0.331 e. The van der Waals surface area contributed by atoms with Crippen LogP contribution in [0.1, 0.15) is 44.0 Å². The van der Waals surface area contributed by atoms with Gasteiger partial charge in [-0.25, -0.2) is 4.98 Å². The molecule has 0 atom stereocenters. The number of nitrogens with zero attached hydrogens (tertiary/aromatic N) is 2. The quantitative estimate of drug-likeness (QED) is 0.417. The van der Waals surface area contributed by atoms with Gasteiger partial charge in [0.05, 0.1) is 11.0 Å². The van der Waals surface area contributed by atoms with Crippen molar-refractivity contribution >= 4 is 34.7 Å². The molecule has 3 heteroatoms. The van der Waals surface area contributed by atoms with Crippen LogP contribution in [0.4, 0.5) is 0 Å². The molecule has 1 aromatic heterocycles. The summed E-state index contributed by atoms with van der Waals surface area (Å²) in [7, 11) is 2.11. The maximum Gasteiger partial charge on any atom is 0.109 e. The number of hydrogen-bond acceptors (Lipinski definition) is 2. The van der Waals surface area contributed by atoms with Crippen molar-refractivity contribution in [2.45, 2.75) is 39.0 Å². The molecule has 0 saturated heterocycles. The van der Waals surface area contributed by atoms with Crippen LogP contribution in [-0.4, -0.2) is 14.9 Å². The van der Waals surface area contributed by atoms with Gasteiger partial charge in [-0.1, -0.05) is 56.6 Å². The van der Waals surface area contributed by atoms with Crippen molar-refractivity contribution < 1.29 is 0 Å². The van der Waals surface area contributed by atoms with Crippen LogP contribution in [0.25, 0.3) is 17.1 Å². The molecule has 0 bridgehead atoms. The number of benzene rings is 1. The van der Waals surface area contributed by atoms with E-state index >= 15 is 0 Å². The molecule has 0 aliphatic rings. The molecule has 0 N–H and O–H groups in total. The minimum absolute atomic E-state index is 1.07. The van der Waals surface area contributed by atoms with E-state index in [2.05, 4.69) is 36.7 Å². The van der Waals surface area contributed by atoms with Crippen LogP contribution in [0.15, 0.2) is 24.3 Å². The second kappa shape index (κ2) is 7.34. The van der Waals surface area contributed by atoms with Gasteiger partial charge in [0.25, 0.3) is 0 Å². The van der Waals surface area contributed by atoms with Crippen molar-refractivity contribution in [1.82, 2.24) is 9.55 Å². The van der Waals surface area contributed by atoms with Gasteiger partial charge < -0.3 is 4.57 Å². The Morgan fingerprint density at radius 1 is 1.25 bits per heavy atom. The van der Waals surface area contributed by atoms with Crippen molar-refractivity contribution in [3.63, 3.8) is 0 Å². The summed E-state index contributed by atoms with van der Waals surface area (Å²) in [6.07, 6.45) is 10.1. The first-order chi connectivity index (χ1) is 9.76. The Morgan fingerprint density at radius 3 is 2.85 bits per heavy atom. The highest BCUT2D eigenvalue weighted by Crippen LogP contribution is 2.19. The van der Waals surface area contributed by atoms with Gasteiger partial charge in [0.2, 0.25) is 0 Å². The number of rotatable bonds is 7. The molecule has 0 aliphatic heterocycles. The molecule has 0 fully saturated rings. The summed E-state index contributed by atoms with van der Waals surface area (Å²) >= 11 is 4.81. The first kappa shape index (κ1) is 14.9. The summed E-state index contributed by atoms with van der Waals surface area (Å²) in [6, 6.07) is 6.38. The van der Waals surface area contributed by atoms with E-state index in [1.807, 2.05) is 12.2 Å².